The molecule has 1 amide bonds. The molecule has 3 nitrogen and oxygen atoms in total. The van der Waals surface area contributed by atoms with Crippen molar-refractivity contribution in [2.24, 2.45) is 5.73 Å². The van der Waals surface area contributed by atoms with E-state index < -0.39 is 17.3 Å². The number of hydrogen-bond donors (Lipinski definition) is 2. The molecular weight excluding hydrogens is 269 g/mol. The molecule has 20 heavy (non-hydrogen) atoms. The van der Waals surface area contributed by atoms with E-state index in [0.29, 0.717) is 18.4 Å². The van der Waals surface area contributed by atoms with Crippen LogP contribution in [-0.4, -0.2) is 11.4 Å². The first-order valence-electron chi connectivity index (χ1n) is 6.30. The molecule has 0 radical (unpaired) electrons. The normalized spacial score (nSPS) is 12.3. The van der Waals surface area contributed by atoms with Crippen LogP contribution < -0.4 is 11.1 Å². The molecule has 0 saturated carbocycles. The second-order valence-electron chi connectivity index (χ2n) is 5.46. The van der Waals surface area contributed by atoms with Gasteiger partial charge in [0.2, 0.25) is 5.91 Å². The van der Waals surface area contributed by atoms with Gasteiger partial charge in [-0.15, -0.1) is 0 Å². The zero-order valence-electron chi connectivity index (χ0n) is 11.6. The molecule has 1 rings (SSSR count). The highest BCUT2D eigenvalue weighted by Gasteiger charge is 2.29. The van der Waals surface area contributed by atoms with Crippen molar-refractivity contribution in [2.45, 2.75) is 44.9 Å². The quantitative estimate of drug-likeness (QED) is 0.875. The van der Waals surface area contributed by atoms with Crippen LogP contribution in [-0.2, 0) is 17.5 Å². The molecule has 0 unspecified atom stereocenters. The van der Waals surface area contributed by atoms with Crippen LogP contribution in [0.3, 0.4) is 0 Å². The molecular formula is C14H19F3N2O. The van der Waals surface area contributed by atoms with E-state index in [9.17, 15) is 18.0 Å². The van der Waals surface area contributed by atoms with E-state index in [-0.39, 0.29) is 12.5 Å². The lowest BCUT2D eigenvalue weighted by molar-refractivity contribution is -0.137. The van der Waals surface area contributed by atoms with Crippen LogP contribution in [0.15, 0.2) is 24.3 Å². The lowest BCUT2D eigenvalue weighted by atomic mass is 10.00. The predicted molar refractivity (Wildman–Crippen MR) is 70.8 cm³/mol. The Balaban J connectivity index is 2.44. The molecule has 0 atom stereocenters. The van der Waals surface area contributed by atoms with E-state index in [4.69, 9.17) is 5.73 Å². The fourth-order valence-electron chi connectivity index (χ4n) is 1.54. The van der Waals surface area contributed by atoms with Crippen molar-refractivity contribution in [1.82, 2.24) is 5.32 Å². The lowest BCUT2D eigenvalue weighted by Gasteiger charge is -2.17. The Kier molecular flexibility index (Phi) is 5.16. The molecule has 0 heterocycles. The number of rotatable bonds is 5. The Morgan fingerprint density at radius 2 is 1.75 bits per heavy atom. The summed E-state index contributed by atoms with van der Waals surface area (Å²) >= 11 is 0. The Morgan fingerprint density at radius 1 is 1.20 bits per heavy atom. The molecule has 0 fully saturated rings. The zero-order chi connectivity index (χ0) is 15.4. The van der Waals surface area contributed by atoms with Crippen molar-refractivity contribution >= 4 is 5.91 Å². The molecule has 0 bridgehead atoms. The minimum absolute atomic E-state index is 0.163. The molecule has 1 aromatic carbocycles. The third kappa shape index (κ3) is 6.06. The standard InChI is InChI=1S/C14H19F3N2O/c1-13(2,18)8-7-12(20)19-9-10-3-5-11(6-4-10)14(15,16)17/h3-6H,7-9,18H2,1-2H3,(H,19,20). The van der Waals surface area contributed by atoms with Crippen molar-refractivity contribution < 1.29 is 18.0 Å². The number of carbonyl (C=O) groups is 1. The van der Waals surface area contributed by atoms with Crippen molar-refractivity contribution in [3.63, 3.8) is 0 Å². The second kappa shape index (κ2) is 6.26. The smallest absolute Gasteiger partial charge is 0.352 e. The molecule has 112 valence electrons. The summed E-state index contributed by atoms with van der Waals surface area (Å²) < 4.78 is 37.1. The van der Waals surface area contributed by atoms with Crippen LogP contribution in [0.5, 0.6) is 0 Å². The summed E-state index contributed by atoms with van der Waals surface area (Å²) in [6.45, 7) is 3.87. The summed E-state index contributed by atoms with van der Waals surface area (Å²) in [7, 11) is 0. The van der Waals surface area contributed by atoms with Gasteiger partial charge < -0.3 is 11.1 Å². The van der Waals surface area contributed by atoms with Gasteiger partial charge in [-0.2, -0.15) is 13.2 Å². The number of amides is 1. The second-order valence-corrected chi connectivity index (χ2v) is 5.46. The molecule has 1 aromatic rings. The van der Waals surface area contributed by atoms with Gasteiger partial charge in [0, 0.05) is 18.5 Å². The van der Waals surface area contributed by atoms with E-state index in [1.54, 1.807) is 0 Å². The lowest BCUT2D eigenvalue weighted by Crippen LogP contribution is -2.34. The molecule has 3 N–H and O–H groups in total. The third-order valence-electron chi connectivity index (χ3n) is 2.77. The van der Waals surface area contributed by atoms with E-state index in [1.807, 2.05) is 13.8 Å². The first-order chi connectivity index (χ1) is 9.08. The number of nitrogens with one attached hydrogen (secondary N) is 1. The van der Waals surface area contributed by atoms with E-state index in [1.165, 1.54) is 12.1 Å². The summed E-state index contributed by atoms with van der Waals surface area (Å²) in [5.74, 6) is -0.163. The highest BCUT2D eigenvalue weighted by molar-refractivity contribution is 5.75. The summed E-state index contributed by atoms with van der Waals surface area (Å²) in [6.07, 6.45) is -3.50. The maximum atomic E-state index is 12.4. The van der Waals surface area contributed by atoms with Gasteiger partial charge in [0.1, 0.15) is 0 Å². The average molecular weight is 288 g/mol. The van der Waals surface area contributed by atoms with Gasteiger partial charge in [-0.1, -0.05) is 12.1 Å². The third-order valence-corrected chi connectivity index (χ3v) is 2.77. The van der Waals surface area contributed by atoms with Crippen molar-refractivity contribution in [2.75, 3.05) is 0 Å². The number of carbonyl (C=O) groups excluding carboxylic acids is 1. The predicted octanol–water partition coefficient (Wildman–Crippen LogP) is 2.84. The van der Waals surface area contributed by atoms with Crippen LogP contribution in [0, 0.1) is 0 Å². The SMILES string of the molecule is CC(C)(N)CCC(=O)NCc1ccc(C(F)(F)F)cc1. The van der Waals surface area contributed by atoms with Gasteiger partial charge in [0.05, 0.1) is 5.56 Å². The van der Waals surface area contributed by atoms with Gasteiger partial charge in [0.15, 0.2) is 0 Å². The summed E-state index contributed by atoms with van der Waals surface area (Å²) in [6, 6.07) is 4.72. The summed E-state index contributed by atoms with van der Waals surface area (Å²) in [5, 5.41) is 2.65. The Hall–Kier alpha value is -1.56. The van der Waals surface area contributed by atoms with E-state index in [2.05, 4.69) is 5.32 Å². The summed E-state index contributed by atoms with van der Waals surface area (Å²) in [4.78, 5) is 11.5. The van der Waals surface area contributed by atoms with Gasteiger partial charge in [-0.25, -0.2) is 0 Å². The van der Waals surface area contributed by atoms with Crippen molar-refractivity contribution in [3.8, 4) is 0 Å². The van der Waals surface area contributed by atoms with E-state index >= 15 is 0 Å². The Bertz CT molecular complexity index is 447. The maximum Gasteiger partial charge on any atom is 0.416 e. The first-order valence-corrected chi connectivity index (χ1v) is 6.30. The number of hydrogen-bond acceptors (Lipinski definition) is 2. The van der Waals surface area contributed by atoms with Crippen molar-refractivity contribution in [1.29, 1.82) is 0 Å². The fourth-order valence-corrected chi connectivity index (χ4v) is 1.54. The van der Waals surface area contributed by atoms with E-state index in [0.717, 1.165) is 12.1 Å². The molecule has 0 aliphatic heterocycles. The number of alkyl halides is 3. The highest BCUT2D eigenvalue weighted by Crippen LogP contribution is 2.29. The Morgan fingerprint density at radius 3 is 2.20 bits per heavy atom. The monoisotopic (exact) mass is 288 g/mol. The molecule has 0 aliphatic carbocycles. The maximum absolute atomic E-state index is 12.4. The molecule has 0 spiro atoms. The Labute approximate surface area is 116 Å². The molecule has 0 aromatic heterocycles. The zero-order valence-corrected chi connectivity index (χ0v) is 11.6. The number of benzene rings is 1. The van der Waals surface area contributed by atoms with Crippen LogP contribution >= 0.6 is 0 Å². The van der Waals surface area contributed by atoms with Gasteiger partial charge in [-0.05, 0) is 38.0 Å². The van der Waals surface area contributed by atoms with Crippen molar-refractivity contribution in [3.05, 3.63) is 35.4 Å². The van der Waals surface area contributed by atoms with Crippen LogP contribution in [0.2, 0.25) is 0 Å². The number of halogens is 3. The minimum atomic E-state index is -4.34. The van der Waals surface area contributed by atoms with Gasteiger partial charge in [-0.3, -0.25) is 4.79 Å². The van der Waals surface area contributed by atoms with Crippen LogP contribution in [0.1, 0.15) is 37.8 Å². The van der Waals surface area contributed by atoms with Crippen LogP contribution in [0.4, 0.5) is 13.2 Å². The summed E-state index contributed by atoms with van der Waals surface area (Å²) in [5.41, 5.74) is 5.28. The molecule has 0 aliphatic rings. The fraction of sp³-hybridized carbons (Fsp3) is 0.500. The average Bonchev–Trinajstić information content (AvgIpc) is 2.32. The molecule has 6 heteroatoms. The first kappa shape index (κ1) is 16.5. The van der Waals surface area contributed by atoms with Gasteiger partial charge in [0.25, 0.3) is 0 Å². The molecule has 0 saturated heterocycles. The largest absolute Gasteiger partial charge is 0.416 e. The minimum Gasteiger partial charge on any atom is -0.352 e. The highest BCUT2D eigenvalue weighted by atomic mass is 19.4. The van der Waals surface area contributed by atoms with Gasteiger partial charge >= 0.3 is 6.18 Å². The number of nitrogens with two attached hydrogens (primary N) is 1. The van der Waals surface area contributed by atoms with Crippen LogP contribution in [0.25, 0.3) is 0 Å². The topological polar surface area (TPSA) is 55.1 Å².